The number of hydrogen-bond acceptors (Lipinski definition) is 4. The fourth-order valence-electron chi connectivity index (χ4n) is 3.23. The van der Waals surface area contributed by atoms with E-state index in [9.17, 15) is 9.59 Å². The third kappa shape index (κ3) is 5.35. The van der Waals surface area contributed by atoms with Gasteiger partial charge in [0.1, 0.15) is 5.75 Å². The number of amides is 2. The predicted molar refractivity (Wildman–Crippen MR) is 112 cm³/mol. The van der Waals surface area contributed by atoms with Gasteiger partial charge in [-0.1, -0.05) is 24.3 Å². The van der Waals surface area contributed by atoms with Crippen LogP contribution in [-0.2, 0) is 9.53 Å². The van der Waals surface area contributed by atoms with Gasteiger partial charge in [-0.2, -0.15) is 0 Å². The summed E-state index contributed by atoms with van der Waals surface area (Å²) in [5.74, 6) is 0.125. The van der Waals surface area contributed by atoms with Gasteiger partial charge in [0, 0.05) is 13.2 Å². The lowest BCUT2D eigenvalue weighted by atomic mass is 10.1. The van der Waals surface area contributed by atoms with Gasteiger partial charge in [0.25, 0.3) is 11.8 Å². The summed E-state index contributed by atoms with van der Waals surface area (Å²) in [7, 11) is 0. The van der Waals surface area contributed by atoms with Crippen molar-refractivity contribution in [1.29, 1.82) is 0 Å². The van der Waals surface area contributed by atoms with Crippen LogP contribution in [0.2, 0.25) is 0 Å². The lowest BCUT2D eigenvalue weighted by Gasteiger charge is -2.18. The Morgan fingerprint density at radius 1 is 1.17 bits per heavy atom. The molecule has 0 radical (unpaired) electrons. The highest BCUT2D eigenvalue weighted by atomic mass is 16.5. The van der Waals surface area contributed by atoms with Crippen molar-refractivity contribution in [3.63, 3.8) is 0 Å². The number of hydrogen-bond donors (Lipinski definition) is 2. The maximum Gasteiger partial charge on any atom is 0.265 e. The maximum atomic E-state index is 12.7. The van der Waals surface area contributed by atoms with Crippen LogP contribution in [0.3, 0.4) is 0 Å². The second kappa shape index (κ2) is 9.56. The number of para-hydroxylation sites is 1. The molecule has 154 valence electrons. The lowest BCUT2D eigenvalue weighted by Crippen LogP contribution is -2.34. The quantitative estimate of drug-likeness (QED) is 0.749. The highest BCUT2D eigenvalue weighted by Crippen LogP contribution is 2.22. The fourth-order valence-corrected chi connectivity index (χ4v) is 3.23. The molecule has 0 bridgehead atoms. The first-order valence-corrected chi connectivity index (χ1v) is 9.98. The topological polar surface area (TPSA) is 76.7 Å². The first kappa shape index (κ1) is 20.9. The smallest absolute Gasteiger partial charge is 0.265 e. The van der Waals surface area contributed by atoms with E-state index >= 15 is 0 Å². The van der Waals surface area contributed by atoms with Crippen molar-refractivity contribution in [1.82, 2.24) is 5.32 Å². The van der Waals surface area contributed by atoms with Crippen molar-refractivity contribution in [2.24, 2.45) is 0 Å². The maximum absolute atomic E-state index is 12.7. The number of rotatable bonds is 7. The molecule has 1 fully saturated rings. The molecule has 1 heterocycles. The molecule has 0 aliphatic carbocycles. The summed E-state index contributed by atoms with van der Waals surface area (Å²) in [5, 5.41) is 5.71. The van der Waals surface area contributed by atoms with E-state index in [-0.39, 0.29) is 17.9 Å². The number of carbonyl (C=O) groups is 2. The molecule has 2 aromatic carbocycles. The second-order valence-corrected chi connectivity index (χ2v) is 7.34. The second-order valence-electron chi connectivity index (χ2n) is 7.34. The van der Waals surface area contributed by atoms with Gasteiger partial charge in [0.15, 0.2) is 6.10 Å². The van der Waals surface area contributed by atoms with Gasteiger partial charge in [-0.25, -0.2) is 0 Å². The molecule has 1 aliphatic rings. The van der Waals surface area contributed by atoms with Crippen molar-refractivity contribution >= 4 is 17.5 Å². The Morgan fingerprint density at radius 2 is 1.97 bits per heavy atom. The van der Waals surface area contributed by atoms with Crippen molar-refractivity contribution in [2.75, 3.05) is 18.5 Å². The normalized spacial score (nSPS) is 16.9. The van der Waals surface area contributed by atoms with Crippen LogP contribution in [0.4, 0.5) is 5.69 Å². The lowest BCUT2D eigenvalue weighted by molar-refractivity contribution is -0.122. The summed E-state index contributed by atoms with van der Waals surface area (Å²) >= 11 is 0. The molecule has 1 aliphatic heterocycles. The largest absolute Gasteiger partial charge is 0.481 e. The van der Waals surface area contributed by atoms with E-state index in [1.165, 1.54) is 0 Å². The van der Waals surface area contributed by atoms with E-state index in [2.05, 4.69) is 10.6 Å². The molecule has 0 aromatic heterocycles. The van der Waals surface area contributed by atoms with Gasteiger partial charge in [-0.3, -0.25) is 9.59 Å². The summed E-state index contributed by atoms with van der Waals surface area (Å²) in [6.07, 6.45) is 1.32. The van der Waals surface area contributed by atoms with Crippen LogP contribution >= 0.6 is 0 Å². The molecule has 1 saturated heterocycles. The number of benzene rings is 2. The third-order valence-corrected chi connectivity index (χ3v) is 5.17. The molecule has 0 saturated carbocycles. The summed E-state index contributed by atoms with van der Waals surface area (Å²) in [6.45, 7) is 6.86. The van der Waals surface area contributed by atoms with E-state index < -0.39 is 6.10 Å². The first-order valence-electron chi connectivity index (χ1n) is 9.98. The van der Waals surface area contributed by atoms with E-state index in [0.29, 0.717) is 23.5 Å². The van der Waals surface area contributed by atoms with Crippen molar-refractivity contribution in [3.05, 3.63) is 59.2 Å². The van der Waals surface area contributed by atoms with Gasteiger partial charge in [-0.05, 0) is 62.9 Å². The molecule has 6 heteroatoms. The molecular formula is C23H28N2O4. The van der Waals surface area contributed by atoms with Gasteiger partial charge < -0.3 is 20.1 Å². The zero-order valence-electron chi connectivity index (χ0n) is 17.2. The van der Waals surface area contributed by atoms with Gasteiger partial charge >= 0.3 is 0 Å². The molecule has 0 spiro atoms. The van der Waals surface area contributed by atoms with Gasteiger partial charge in [0.05, 0.1) is 17.4 Å². The molecular weight excluding hydrogens is 368 g/mol. The van der Waals surface area contributed by atoms with Crippen LogP contribution in [0.25, 0.3) is 0 Å². The molecule has 0 unspecified atom stereocenters. The summed E-state index contributed by atoms with van der Waals surface area (Å²) in [6, 6.07) is 12.7. The molecule has 29 heavy (non-hydrogen) atoms. The van der Waals surface area contributed by atoms with E-state index in [0.717, 1.165) is 30.6 Å². The van der Waals surface area contributed by atoms with Crippen LogP contribution in [-0.4, -0.2) is 37.2 Å². The molecule has 2 N–H and O–H groups in total. The average molecular weight is 396 g/mol. The first-order chi connectivity index (χ1) is 14.0. The van der Waals surface area contributed by atoms with E-state index in [4.69, 9.17) is 9.47 Å². The minimum Gasteiger partial charge on any atom is -0.481 e. The van der Waals surface area contributed by atoms with Crippen LogP contribution in [0, 0.1) is 13.8 Å². The standard InChI is InChI=1S/C23H28N2O4/c1-15-8-6-12-21(16(15)2)29-17(3)22(26)25-20-11-5-4-10-19(20)23(27)24-14-18-9-7-13-28-18/h4-6,8,10-12,17-18H,7,9,13-14H2,1-3H3,(H,24,27)(H,25,26)/t17-,18-/m0/s1. The Bertz CT molecular complexity index is 875. The molecule has 3 rings (SSSR count). The summed E-state index contributed by atoms with van der Waals surface area (Å²) in [4.78, 5) is 25.3. The van der Waals surface area contributed by atoms with Crippen LogP contribution in [0.15, 0.2) is 42.5 Å². The van der Waals surface area contributed by atoms with Crippen molar-refractivity contribution in [3.8, 4) is 5.75 Å². The highest BCUT2D eigenvalue weighted by Gasteiger charge is 2.21. The highest BCUT2D eigenvalue weighted by molar-refractivity contribution is 6.04. The summed E-state index contributed by atoms with van der Waals surface area (Å²) < 4.78 is 11.4. The Hall–Kier alpha value is -2.86. The van der Waals surface area contributed by atoms with Crippen molar-refractivity contribution < 1.29 is 19.1 Å². The molecule has 2 aromatic rings. The fraction of sp³-hybridized carbons (Fsp3) is 0.391. The summed E-state index contributed by atoms with van der Waals surface area (Å²) in [5.41, 5.74) is 2.97. The molecule has 2 amide bonds. The zero-order valence-corrected chi connectivity index (χ0v) is 17.2. The zero-order chi connectivity index (χ0) is 20.8. The van der Waals surface area contributed by atoms with E-state index in [1.54, 1.807) is 31.2 Å². The molecule has 2 atom stereocenters. The van der Waals surface area contributed by atoms with E-state index in [1.807, 2.05) is 32.0 Å². The minimum atomic E-state index is -0.710. The number of nitrogens with one attached hydrogen (secondary N) is 2. The van der Waals surface area contributed by atoms with Crippen LogP contribution in [0.1, 0.15) is 41.3 Å². The molecule has 6 nitrogen and oxygen atoms in total. The average Bonchev–Trinajstić information content (AvgIpc) is 3.23. The van der Waals surface area contributed by atoms with Crippen LogP contribution in [0.5, 0.6) is 5.75 Å². The van der Waals surface area contributed by atoms with Crippen molar-refractivity contribution in [2.45, 2.75) is 45.8 Å². The number of aryl methyl sites for hydroxylation is 1. The number of carbonyl (C=O) groups excluding carboxylic acids is 2. The Kier molecular flexibility index (Phi) is 6.88. The Balaban J connectivity index is 1.63. The monoisotopic (exact) mass is 396 g/mol. The number of anilines is 1. The minimum absolute atomic E-state index is 0.0618. The number of ether oxygens (including phenoxy) is 2. The van der Waals surface area contributed by atoms with Gasteiger partial charge in [-0.15, -0.1) is 0 Å². The Morgan fingerprint density at radius 3 is 2.72 bits per heavy atom. The van der Waals surface area contributed by atoms with Gasteiger partial charge in [0.2, 0.25) is 0 Å². The van der Waals surface area contributed by atoms with Crippen LogP contribution < -0.4 is 15.4 Å². The SMILES string of the molecule is Cc1cccc(O[C@@H](C)C(=O)Nc2ccccc2C(=O)NC[C@@H]2CCCO2)c1C. The third-order valence-electron chi connectivity index (χ3n) is 5.17. The predicted octanol–water partition coefficient (Wildman–Crippen LogP) is 3.62. The Labute approximate surface area is 171 Å².